The highest BCUT2D eigenvalue weighted by Crippen LogP contribution is 2.34. The molecule has 0 saturated heterocycles. The van der Waals surface area contributed by atoms with Gasteiger partial charge in [0.05, 0.1) is 0 Å². The van der Waals surface area contributed by atoms with Crippen LogP contribution in [-0.4, -0.2) is 10.9 Å². The number of carbonyl (C=O) groups is 1. The smallest absolute Gasteiger partial charge is 0.263 e. The van der Waals surface area contributed by atoms with Gasteiger partial charge in [-0.3, -0.25) is 4.79 Å². The van der Waals surface area contributed by atoms with Gasteiger partial charge in [0, 0.05) is 5.92 Å². The zero-order chi connectivity index (χ0) is 9.35. The van der Waals surface area contributed by atoms with Gasteiger partial charge in [-0.15, -0.1) is 0 Å². The van der Waals surface area contributed by atoms with Gasteiger partial charge >= 0.3 is 0 Å². The van der Waals surface area contributed by atoms with E-state index in [0.717, 1.165) is 5.57 Å². The molecule has 0 heterocycles. The topological polar surface area (TPSA) is 17.1 Å². The molecule has 0 amide bonds. The first kappa shape index (κ1) is 9.46. The molecule has 0 aromatic heterocycles. The molecule has 0 aliphatic heterocycles. The second kappa shape index (κ2) is 3.02. The number of halogens is 2. The highest BCUT2D eigenvalue weighted by molar-refractivity contribution is 6.65. The maximum absolute atomic E-state index is 13.7. The van der Waals surface area contributed by atoms with E-state index in [-0.39, 0.29) is 0 Å². The van der Waals surface area contributed by atoms with Crippen LogP contribution in [0.5, 0.6) is 0 Å². The quantitative estimate of drug-likeness (QED) is 0.579. The molecule has 3 heteroatoms. The van der Waals surface area contributed by atoms with E-state index < -0.39 is 16.8 Å². The van der Waals surface area contributed by atoms with Crippen LogP contribution in [0.3, 0.4) is 0 Å². The third-order valence-electron chi connectivity index (χ3n) is 2.31. The van der Waals surface area contributed by atoms with Crippen LogP contribution < -0.4 is 0 Å². The van der Waals surface area contributed by atoms with Gasteiger partial charge in [-0.05, 0) is 24.6 Å². The predicted octanol–water partition coefficient (Wildman–Crippen LogP) is 2.61. The average Bonchev–Trinajstić information content (AvgIpc) is 2.00. The minimum absolute atomic E-state index is 0.465. The lowest BCUT2D eigenvalue weighted by Gasteiger charge is -2.27. The van der Waals surface area contributed by atoms with Crippen LogP contribution >= 0.6 is 11.6 Å². The molecule has 0 aromatic rings. The summed E-state index contributed by atoms with van der Waals surface area (Å²) in [4.78, 5) is 10.8. The zero-order valence-corrected chi connectivity index (χ0v) is 7.73. The van der Waals surface area contributed by atoms with Crippen molar-refractivity contribution < 1.29 is 9.18 Å². The Morgan fingerprint density at radius 1 is 1.75 bits per heavy atom. The maximum atomic E-state index is 13.7. The normalized spacial score (nSPS) is 34.7. The maximum Gasteiger partial charge on any atom is 0.263 e. The molecule has 0 spiro atoms. The standard InChI is InChI=1S/C9H10ClFO/c1-6-4-3-5-9(11,7(6)2)8(10)12/h3-5,7H,1-2H3. The number of hydrogen-bond acceptors (Lipinski definition) is 1. The van der Waals surface area contributed by atoms with Gasteiger partial charge in [0.1, 0.15) is 0 Å². The van der Waals surface area contributed by atoms with Crippen molar-refractivity contribution in [3.63, 3.8) is 0 Å². The Morgan fingerprint density at radius 3 is 2.75 bits per heavy atom. The van der Waals surface area contributed by atoms with Gasteiger partial charge in [0.15, 0.2) is 0 Å². The Bertz CT molecular complexity index is 270. The second-order valence-electron chi connectivity index (χ2n) is 3.03. The van der Waals surface area contributed by atoms with E-state index in [2.05, 4.69) is 0 Å². The van der Waals surface area contributed by atoms with Crippen LogP contribution in [0, 0.1) is 5.92 Å². The van der Waals surface area contributed by atoms with E-state index in [1.54, 1.807) is 19.9 Å². The first-order valence-corrected chi connectivity index (χ1v) is 4.11. The molecule has 1 rings (SSSR count). The average molecular weight is 189 g/mol. The second-order valence-corrected chi connectivity index (χ2v) is 3.38. The van der Waals surface area contributed by atoms with Crippen LogP contribution in [0.15, 0.2) is 23.8 Å². The van der Waals surface area contributed by atoms with E-state index in [1.807, 2.05) is 0 Å². The molecule has 0 N–H and O–H groups in total. The van der Waals surface area contributed by atoms with Crippen LogP contribution in [0.1, 0.15) is 13.8 Å². The Labute approximate surface area is 75.9 Å². The summed E-state index contributed by atoms with van der Waals surface area (Å²) in [6.45, 7) is 3.43. The summed E-state index contributed by atoms with van der Waals surface area (Å²) in [5.74, 6) is -0.465. The van der Waals surface area contributed by atoms with Crippen molar-refractivity contribution >= 4 is 16.8 Å². The van der Waals surface area contributed by atoms with Crippen molar-refractivity contribution in [3.8, 4) is 0 Å². The first-order valence-electron chi connectivity index (χ1n) is 3.73. The summed E-state index contributed by atoms with van der Waals surface area (Å²) < 4.78 is 13.7. The Morgan fingerprint density at radius 2 is 2.33 bits per heavy atom. The van der Waals surface area contributed by atoms with Crippen molar-refractivity contribution in [2.24, 2.45) is 5.92 Å². The molecule has 66 valence electrons. The van der Waals surface area contributed by atoms with E-state index in [9.17, 15) is 9.18 Å². The number of carbonyl (C=O) groups excluding carboxylic acids is 1. The lowest BCUT2D eigenvalue weighted by atomic mass is 9.82. The van der Waals surface area contributed by atoms with Crippen LogP contribution in [-0.2, 0) is 4.79 Å². The van der Waals surface area contributed by atoms with Gasteiger partial charge in [-0.1, -0.05) is 24.6 Å². The third kappa shape index (κ3) is 1.31. The Hall–Kier alpha value is -0.630. The van der Waals surface area contributed by atoms with E-state index in [4.69, 9.17) is 11.6 Å². The van der Waals surface area contributed by atoms with Crippen molar-refractivity contribution in [1.82, 2.24) is 0 Å². The summed E-state index contributed by atoms with van der Waals surface area (Å²) >= 11 is 5.17. The summed E-state index contributed by atoms with van der Waals surface area (Å²) in [6.07, 6.45) is 4.51. The summed E-state index contributed by atoms with van der Waals surface area (Å²) in [6, 6.07) is 0. The summed E-state index contributed by atoms with van der Waals surface area (Å²) in [7, 11) is 0. The molecular formula is C9H10ClFO. The minimum Gasteiger partial charge on any atom is -0.277 e. The van der Waals surface area contributed by atoms with Gasteiger partial charge in [-0.25, -0.2) is 4.39 Å². The molecule has 1 aliphatic rings. The molecule has 0 aromatic carbocycles. The fraction of sp³-hybridized carbons (Fsp3) is 0.444. The SMILES string of the molecule is CC1=CC=CC(F)(C(=O)Cl)C1C. The minimum atomic E-state index is -2.01. The molecule has 1 nitrogen and oxygen atoms in total. The van der Waals surface area contributed by atoms with Crippen LogP contribution in [0.2, 0.25) is 0 Å². The van der Waals surface area contributed by atoms with Crippen molar-refractivity contribution in [2.45, 2.75) is 19.5 Å². The Balaban J connectivity index is 3.03. The van der Waals surface area contributed by atoms with E-state index in [0.29, 0.717) is 0 Å². The largest absolute Gasteiger partial charge is 0.277 e. The number of rotatable bonds is 1. The lowest BCUT2D eigenvalue weighted by Crippen LogP contribution is -2.37. The number of allylic oxidation sites excluding steroid dienone is 4. The van der Waals surface area contributed by atoms with Crippen LogP contribution in [0.25, 0.3) is 0 Å². The molecule has 2 unspecified atom stereocenters. The number of hydrogen-bond donors (Lipinski definition) is 0. The van der Waals surface area contributed by atoms with Crippen molar-refractivity contribution in [3.05, 3.63) is 23.8 Å². The monoisotopic (exact) mass is 188 g/mol. The molecule has 0 saturated carbocycles. The fourth-order valence-corrected chi connectivity index (χ4v) is 1.42. The molecule has 2 atom stereocenters. The van der Waals surface area contributed by atoms with Crippen LogP contribution in [0.4, 0.5) is 4.39 Å². The van der Waals surface area contributed by atoms with Gasteiger partial charge in [0.25, 0.3) is 5.24 Å². The van der Waals surface area contributed by atoms with Crippen molar-refractivity contribution in [2.75, 3.05) is 0 Å². The summed E-state index contributed by atoms with van der Waals surface area (Å²) in [5, 5.41) is -0.946. The molecule has 0 radical (unpaired) electrons. The molecular weight excluding hydrogens is 179 g/mol. The summed E-state index contributed by atoms with van der Waals surface area (Å²) in [5.41, 5.74) is -1.19. The first-order chi connectivity index (χ1) is 5.48. The third-order valence-corrected chi connectivity index (χ3v) is 2.60. The van der Waals surface area contributed by atoms with Gasteiger partial charge < -0.3 is 0 Å². The molecule has 1 aliphatic carbocycles. The molecule has 0 fully saturated rings. The lowest BCUT2D eigenvalue weighted by molar-refractivity contribution is -0.121. The fourth-order valence-electron chi connectivity index (χ4n) is 1.20. The highest BCUT2D eigenvalue weighted by Gasteiger charge is 2.42. The van der Waals surface area contributed by atoms with Gasteiger partial charge in [0.2, 0.25) is 5.67 Å². The Kier molecular flexibility index (Phi) is 2.38. The van der Waals surface area contributed by atoms with E-state index in [1.165, 1.54) is 12.2 Å². The zero-order valence-electron chi connectivity index (χ0n) is 6.97. The molecule has 12 heavy (non-hydrogen) atoms. The predicted molar refractivity (Wildman–Crippen MR) is 46.8 cm³/mol. The highest BCUT2D eigenvalue weighted by atomic mass is 35.5. The van der Waals surface area contributed by atoms with Crippen molar-refractivity contribution in [1.29, 1.82) is 0 Å². The molecule has 0 bridgehead atoms. The van der Waals surface area contributed by atoms with Gasteiger partial charge in [-0.2, -0.15) is 0 Å². The van der Waals surface area contributed by atoms with E-state index >= 15 is 0 Å². The number of alkyl halides is 1.